The highest BCUT2D eigenvalue weighted by molar-refractivity contribution is 5.78. The number of ether oxygens (including phenoxy) is 1. The van der Waals surface area contributed by atoms with Crippen LogP contribution >= 0.6 is 0 Å². The molecule has 1 amide bonds. The highest BCUT2D eigenvalue weighted by atomic mass is 19.1. The fourth-order valence-electron chi connectivity index (χ4n) is 2.81. The van der Waals surface area contributed by atoms with Gasteiger partial charge in [-0.15, -0.1) is 0 Å². The third-order valence-corrected chi connectivity index (χ3v) is 4.31. The van der Waals surface area contributed by atoms with Crippen LogP contribution in [-0.2, 0) is 11.2 Å². The molecule has 0 aliphatic carbocycles. The van der Waals surface area contributed by atoms with Crippen molar-refractivity contribution in [2.75, 3.05) is 19.7 Å². The molecule has 1 atom stereocenters. The summed E-state index contributed by atoms with van der Waals surface area (Å²) in [5, 5.41) is 10.6. The molecule has 5 nitrogen and oxygen atoms in total. The summed E-state index contributed by atoms with van der Waals surface area (Å²) < 4.78 is 18.4. The van der Waals surface area contributed by atoms with Gasteiger partial charge >= 0.3 is 0 Å². The van der Waals surface area contributed by atoms with Crippen molar-refractivity contribution in [3.05, 3.63) is 59.7 Å². The van der Waals surface area contributed by atoms with Crippen molar-refractivity contribution in [2.24, 2.45) is 0 Å². The second-order valence-electron chi connectivity index (χ2n) is 6.54. The van der Waals surface area contributed by atoms with Crippen molar-refractivity contribution in [1.82, 2.24) is 9.88 Å². The first-order valence-electron chi connectivity index (χ1n) is 8.24. The van der Waals surface area contributed by atoms with Crippen molar-refractivity contribution < 1.29 is 19.0 Å². The molecule has 2 heterocycles. The zero-order chi connectivity index (χ0) is 17.9. The first kappa shape index (κ1) is 17.4. The van der Waals surface area contributed by atoms with E-state index in [4.69, 9.17) is 4.74 Å². The number of nitrogens with zero attached hydrogens (tertiary/aromatic N) is 2. The second-order valence-corrected chi connectivity index (χ2v) is 6.54. The molecule has 25 heavy (non-hydrogen) atoms. The number of hydrogen-bond acceptors (Lipinski definition) is 4. The highest BCUT2D eigenvalue weighted by Crippen LogP contribution is 2.23. The van der Waals surface area contributed by atoms with Crippen LogP contribution in [0.1, 0.15) is 17.7 Å². The average Bonchev–Trinajstić information content (AvgIpc) is 2.99. The Bertz CT molecular complexity index is 733. The summed E-state index contributed by atoms with van der Waals surface area (Å²) in [6.07, 6.45) is 2.40. The predicted molar refractivity (Wildman–Crippen MR) is 90.7 cm³/mol. The molecule has 1 aromatic heterocycles. The van der Waals surface area contributed by atoms with Crippen LogP contribution in [0.5, 0.6) is 5.75 Å². The Hall–Kier alpha value is -2.47. The van der Waals surface area contributed by atoms with E-state index in [0.29, 0.717) is 24.4 Å². The van der Waals surface area contributed by atoms with Crippen molar-refractivity contribution in [3.8, 4) is 5.75 Å². The SMILES string of the molecule is Cc1ccc(CC(=O)N2CC[C@](O)(COc3ccc(F)cc3)C2)nc1. The Labute approximate surface area is 146 Å². The number of benzene rings is 1. The molecule has 1 aromatic carbocycles. The minimum Gasteiger partial charge on any atom is -0.491 e. The summed E-state index contributed by atoms with van der Waals surface area (Å²) in [6.45, 7) is 2.71. The first-order chi connectivity index (χ1) is 11.9. The van der Waals surface area contributed by atoms with Crippen LogP contribution in [0.2, 0.25) is 0 Å². The molecule has 0 unspecified atom stereocenters. The number of carbonyl (C=O) groups excluding carboxylic acids is 1. The van der Waals surface area contributed by atoms with Crippen LogP contribution in [0.15, 0.2) is 42.6 Å². The van der Waals surface area contributed by atoms with Gasteiger partial charge in [-0.3, -0.25) is 9.78 Å². The molecule has 3 rings (SSSR count). The van der Waals surface area contributed by atoms with Crippen molar-refractivity contribution in [1.29, 1.82) is 0 Å². The van der Waals surface area contributed by atoms with Gasteiger partial charge in [-0.1, -0.05) is 6.07 Å². The number of likely N-dealkylation sites (tertiary alicyclic amines) is 1. The summed E-state index contributed by atoms with van der Waals surface area (Å²) >= 11 is 0. The van der Waals surface area contributed by atoms with Crippen molar-refractivity contribution >= 4 is 5.91 Å². The predicted octanol–water partition coefficient (Wildman–Crippen LogP) is 2.11. The van der Waals surface area contributed by atoms with E-state index in [-0.39, 0.29) is 31.3 Å². The molecule has 0 radical (unpaired) electrons. The lowest BCUT2D eigenvalue weighted by atomic mass is 10.1. The number of aryl methyl sites for hydroxylation is 1. The highest BCUT2D eigenvalue weighted by Gasteiger charge is 2.38. The van der Waals surface area contributed by atoms with Crippen LogP contribution in [-0.4, -0.2) is 46.2 Å². The van der Waals surface area contributed by atoms with Gasteiger partial charge < -0.3 is 14.7 Å². The second kappa shape index (κ2) is 7.19. The summed E-state index contributed by atoms with van der Waals surface area (Å²) in [7, 11) is 0. The van der Waals surface area contributed by atoms with Gasteiger partial charge in [0.25, 0.3) is 0 Å². The van der Waals surface area contributed by atoms with E-state index in [9.17, 15) is 14.3 Å². The maximum atomic E-state index is 12.9. The number of hydrogen-bond donors (Lipinski definition) is 1. The molecule has 132 valence electrons. The molecule has 1 N–H and O–H groups in total. The van der Waals surface area contributed by atoms with E-state index in [1.807, 2.05) is 19.1 Å². The number of halogens is 1. The lowest BCUT2D eigenvalue weighted by molar-refractivity contribution is -0.130. The molecule has 1 aliphatic heterocycles. The Morgan fingerprint density at radius 3 is 2.76 bits per heavy atom. The number of pyridine rings is 1. The monoisotopic (exact) mass is 344 g/mol. The first-order valence-corrected chi connectivity index (χ1v) is 8.24. The summed E-state index contributed by atoms with van der Waals surface area (Å²) in [5.74, 6) is 0.0888. The fourth-order valence-corrected chi connectivity index (χ4v) is 2.81. The lowest BCUT2D eigenvalue weighted by Gasteiger charge is -2.23. The Balaban J connectivity index is 1.53. The van der Waals surface area contributed by atoms with E-state index in [1.165, 1.54) is 24.3 Å². The van der Waals surface area contributed by atoms with Gasteiger partial charge in [0.05, 0.1) is 13.0 Å². The fraction of sp³-hybridized carbons (Fsp3) is 0.368. The largest absolute Gasteiger partial charge is 0.491 e. The quantitative estimate of drug-likeness (QED) is 0.902. The summed E-state index contributed by atoms with van der Waals surface area (Å²) in [6, 6.07) is 9.40. The number of aromatic nitrogens is 1. The van der Waals surface area contributed by atoms with E-state index >= 15 is 0 Å². The van der Waals surface area contributed by atoms with E-state index < -0.39 is 5.60 Å². The number of β-amino-alcohol motifs (C(OH)–C–C–N with tert-alkyl or cyclic N) is 1. The van der Waals surface area contributed by atoms with Crippen LogP contribution in [0, 0.1) is 12.7 Å². The van der Waals surface area contributed by atoms with E-state index in [0.717, 1.165) is 5.56 Å². The van der Waals surface area contributed by atoms with Gasteiger partial charge in [-0.2, -0.15) is 0 Å². The van der Waals surface area contributed by atoms with Crippen molar-refractivity contribution in [2.45, 2.75) is 25.4 Å². The maximum Gasteiger partial charge on any atom is 0.228 e. The van der Waals surface area contributed by atoms with E-state index in [1.54, 1.807) is 11.1 Å². The number of aliphatic hydroxyl groups is 1. The van der Waals surface area contributed by atoms with Crippen LogP contribution in [0.3, 0.4) is 0 Å². The molecular weight excluding hydrogens is 323 g/mol. The number of carbonyl (C=O) groups is 1. The summed E-state index contributed by atoms with van der Waals surface area (Å²) in [5.41, 5.74) is 0.670. The zero-order valence-corrected chi connectivity index (χ0v) is 14.1. The third-order valence-electron chi connectivity index (χ3n) is 4.31. The van der Waals surface area contributed by atoms with Gasteiger partial charge in [-0.25, -0.2) is 4.39 Å². The molecule has 2 aromatic rings. The van der Waals surface area contributed by atoms with Gasteiger partial charge in [-0.05, 0) is 49.2 Å². The Morgan fingerprint density at radius 2 is 2.08 bits per heavy atom. The average molecular weight is 344 g/mol. The van der Waals surface area contributed by atoms with Crippen LogP contribution in [0.4, 0.5) is 4.39 Å². The molecule has 1 saturated heterocycles. The molecule has 1 fully saturated rings. The maximum absolute atomic E-state index is 12.9. The van der Waals surface area contributed by atoms with E-state index in [2.05, 4.69) is 4.98 Å². The number of rotatable bonds is 5. The topological polar surface area (TPSA) is 62.7 Å². The van der Waals surface area contributed by atoms with Crippen molar-refractivity contribution in [3.63, 3.8) is 0 Å². The third kappa shape index (κ3) is 4.54. The molecule has 0 saturated carbocycles. The van der Waals surface area contributed by atoms with Gasteiger partial charge in [0.1, 0.15) is 23.8 Å². The van der Waals surface area contributed by atoms with Gasteiger partial charge in [0, 0.05) is 18.4 Å². The summed E-state index contributed by atoms with van der Waals surface area (Å²) in [4.78, 5) is 18.3. The number of amides is 1. The van der Waals surface area contributed by atoms with Gasteiger partial charge in [0.2, 0.25) is 5.91 Å². The Morgan fingerprint density at radius 1 is 1.32 bits per heavy atom. The van der Waals surface area contributed by atoms with Crippen LogP contribution in [0.25, 0.3) is 0 Å². The standard InChI is InChI=1S/C19H21FN2O3/c1-14-2-5-16(21-11-14)10-18(23)22-9-8-19(24,12-22)13-25-17-6-3-15(20)4-7-17/h2-7,11,24H,8-10,12-13H2,1H3/t19-/m1/s1. The van der Waals surface area contributed by atoms with Gasteiger partial charge in [0.15, 0.2) is 0 Å². The normalized spacial score (nSPS) is 19.9. The van der Waals surface area contributed by atoms with Crippen LogP contribution < -0.4 is 4.74 Å². The minimum absolute atomic E-state index is 0.0607. The smallest absolute Gasteiger partial charge is 0.228 e. The minimum atomic E-state index is -1.09. The molecule has 0 spiro atoms. The molecule has 6 heteroatoms. The Kier molecular flexibility index (Phi) is 4.99. The molecule has 1 aliphatic rings. The molecule has 0 bridgehead atoms. The molecular formula is C19H21FN2O3. The lowest BCUT2D eigenvalue weighted by Crippen LogP contribution is -2.41. The zero-order valence-electron chi connectivity index (χ0n) is 14.1.